The maximum Gasteiger partial charge on any atom is 0.245 e. The van der Waals surface area contributed by atoms with Gasteiger partial charge in [-0.25, -0.2) is 0 Å². The summed E-state index contributed by atoms with van der Waals surface area (Å²) in [6.07, 6.45) is 3.73. The fourth-order valence-corrected chi connectivity index (χ4v) is 1.09. The SMILES string of the molecule is C=CC(=O)NC(O)CCCCCCl. The molecule has 0 spiro atoms. The Labute approximate surface area is 83.8 Å². The number of aliphatic hydroxyl groups is 1. The molecule has 0 aliphatic heterocycles. The molecule has 0 fully saturated rings. The van der Waals surface area contributed by atoms with Crippen molar-refractivity contribution in [2.45, 2.75) is 31.9 Å². The highest BCUT2D eigenvalue weighted by Crippen LogP contribution is 2.02. The van der Waals surface area contributed by atoms with Crippen LogP contribution in [0.5, 0.6) is 0 Å². The zero-order chi connectivity index (χ0) is 10.1. The maximum atomic E-state index is 10.7. The largest absolute Gasteiger partial charge is 0.374 e. The summed E-state index contributed by atoms with van der Waals surface area (Å²) in [7, 11) is 0. The maximum absolute atomic E-state index is 10.7. The monoisotopic (exact) mass is 205 g/mol. The molecule has 0 aliphatic rings. The van der Waals surface area contributed by atoms with E-state index in [2.05, 4.69) is 11.9 Å². The highest BCUT2D eigenvalue weighted by molar-refractivity contribution is 6.17. The summed E-state index contributed by atoms with van der Waals surface area (Å²) in [5.41, 5.74) is 0. The minimum absolute atomic E-state index is 0.343. The van der Waals surface area contributed by atoms with Crippen molar-refractivity contribution in [2.75, 3.05) is 5.88 Å². The van der Waals surface area contributed by atoms with E-state index in [-0.39, 0.29) is 5.91 Å². The fourth-order valence-electron chi connectivity index (χ4n) is 0.904. The van der Waals surface area contributed by atoms with Crippen LogP contribution in [0.15, 0.2) is 12.7 Å². The van der Waals surface area contributed by atoms with E-state index in [1.54, 1.807) is 0 Å². The van der Waals surface area contributed by atoms with Crippen molar-refractivity contribution in [3.05, 3.63) is 12.7 Å². The Morgan fingerprint density at radius 1 is 1.54 bits per heavy atom. The Morgan fingerprint density at radius 2 is 2.23 bits per heavy atom. The highest BCUT2D eigenvalue weighted by atomic mass is 35.5. The summed E-state index contributed by atoms with van der Waals surface area (Å²) >= 11 is 5.48. The lowest BCUT2D eigenvalue weighted by Crippen LogP contribution is -2.33. The second kappa shape index (κ2) is 8.08. The number of aliphatic hydroxyl groups excluding tert-OH is 1. The van der Waals surface area contributed by atoms with Crippen molar-refractivity contribution >= 4 is 17.5 Å². The zero-order valence-electron chi connectivity index (χ0n) is 7.63. The summed E-state index contributed by atoms with van der Waals surface area (Å²) in [4.78, 5) is 10.7. The van der Waals surface area contributed by atoms with Gasteiger partial charge in [0.05, 0.1) is 0 Å². The van der Waals surface area contributed by atoms with Crippen LogP contribution in [0.3, 0.4) is 0 Å². The van der Waals surface area contributed by atoms with Gasteiger partial charge in [-0.2, -0.15) is 0 Å². The molecule has 76 valence electrons. The normalized spacial score (nSPS) is 12.2. The van der Waals surface area contributed by atoms with Crippen LogP contribution >= 0.6 is 11.6 Å². The molecule has 0 radical (unpaired) electrons. The van der Waals surface area contributed by atoms with Gasteiger partial charge in [0, 0.05) is 5.88 Å². The number of amides is 1. The smallest absolute Gasteiger partial charge is 0.245 e. The molecule has 0 aromatic heterocycles. The molecular weight excluding hydrogens is 190 g/mol. The molecule has 0 bridgehead atoms. The lowest BCUT2D eigenvalue weighted by atomic mass is 10.2. The number of nitrogens with one attached hydrogen (secondary N) is 1. The molecular formula is C9H16ClNO2. The van der Waals surface area contributed by atoms with Crippen molar-refractivity contribution < 1.29 is 9.90 Å². The molecule has 3 nitrogen and oxygen atoms in total. The summed E-state index contributed by atoms with van der Waals surface area (Å²) in [6.45, 7) is 3.28. The second-order valence-corrected chi connectivity index (χ2v) is 3.14. The molecule has 0 rings (SSSR count). The average Bonchev–Trinajstić information content (AvgIpc) is 2.12. The number of hydrogen-bond donors (Lipinski definition) is 2. The summed E-state index contributed by atoms with van der Waals surface area (Å²) in [5.74, 6) is 0.305. The first kappa shape index (κ1) is 12.5. The lowest BCUT2D eigenvalue weighted by molar-refractivity contribution is -0.119. The molecule has 0 aromatic carbocycles. The number of unbranched alkanes of at least 4 members (excludes halogenated alkanes) is 2. The standard InChI is InChI=1S/C9H16ClNO2/c1-2-8(12)11-9(13)6-4-3-5-7-10/h2,9,13H,1,3-7H2,(H,11,12). The van der Waals surface area contributed by atoms with E-state index in [4.69, 9.17) is 11.6 Å². The number of hydrogen-bond acceptors (Lipinski definition) is 2. The molecule has 1 unspecified atom stereocenters. The van der Waals surface area contributed by atoms with Crippen molar-refractivity contribution in [2.24, 2.45) is 0 Å². The first-order valence-corrected chi connectivity index (χ1v) is 4.91. The third-order valence-corrected chi connectivity index (χ3v) is 1.87. The van der Waals surface area contributed by atoms with Gasteiger partial charge in [0.15, 0.2) is 0 Å². The van der Waals surface area contributed by atoms with Crippen LogP contribution in [-0.2, 0) is 4.79 Å². The van der Waals surface area contributed by atoms with E-state index in [0.717, 1.165) is 25.3 Å². The average molecular weight is 206 g/mol. The van der Waals surface area contributed by atoms with Gasteiger partial charge in [0.25, 0.3) is 0 Å². The number of carbonyl (C=O) groups is 1. The second-order valence-electron chi connectivity index (χ2n) is 2.77. The lowest BCUT2D eigenvalue weighted by Gasteiger charge is -2.10. The molecule has 2 N–H and O–H groups in total. The van der Waals surface area contributed by atoms with Gasteiger partial charge in [-0.3, -0.25) is 4.79 Å². The Kier molecular flexibility index (Phi) is 7.74. The molecule has 1 atom stereocenters. The van der Waals surface area contributed by atoms with Crippen molar-refractivity contribution in [3.63, 3.8) is 0 Å². The van der Waals surface area contributed by atoms with Gasteiger partial charge in [0.2, 0.25) is 5.91 Å². The fraction of sp³-hybridized carbons (Fsp3) is 0.667. The summed E-state index contributed by atoms with van der Waals surface area (Å²) in [6, 6.07) is 0. The minimum atomic E-state index is -0.763. The number of halogens is 1. The Hall–Kier alpha value is -0.540. The van der Waals surface area contributed by atoms with Crippen LogP contribution in [0, 0.1) is 0 Å². The van der Waals surface area contributed by atoms with Gasteiger partial charge in [-0.1, -0.05) is 13.0 Å². The van der Waals surface area contributed by atoms with Crippen LogP contribution in [0.4, 0.5) is 0 Å². The van der Waals surface area contributed by atoms with Gasteiger partial charge >= 0.3 is 0 Å². The first-order chi connectivity index (χ1) is 6.20. The van der Waals surface area contributed by atoms with E-state index in [0.29, 0.717) is 12.3 Å². The quantitative estimate of drug-likeness (QED) is 0.286. The van der Waals surface area contributed by atoms with Gasteiger partial charge < -0.3 is 10.4 Å². The Bertz CT molecular complexity index is 162. The van der Waals surface area contributed by atoms with Crippen LogP contribution in [-0.4, -0.2) is 23.1 Å². The third-order valence-electron chi connectivity index (χ3n) is 1.61. The van der Waals surface area contributed by atoms with Crippen LogP contribution in [0.2, 0.25) is 0 Å². The van der Waals surface area contributed by atoms with Crippen LogP contribution in [0.1, 0.15) is 25.7 Å². The number of alkyl halides is 1. The van der Waals surface area contributed by atoms with E-state index < -0.39 is 6.23 Å². The number of carbonyl (C=O) groups excluding carboxylic acids is 1. The summed E-state index contributed by atoms with van der Waals surface area (Å²) < 4.78 is 0. The van der Waals surface area contributed by atoms with E-state index in [9.17, 15) is 9.90 Å². The molecule has 1 amide bonds. The highest BCUT2D eigenvalue weighted by Gasteiger charge is 2.04. The van der Waals surface area contributed by atoms with Crippen molar-refractivity contribution in [1.82, 2.24) is 5.32 Å². The molecule has 0 aromatic rings. The molecule has 0 saturated carbocycles. The Morgan fingerprint density at radius 3 is 2.77 bits per heavy atom. The number of rotatable bonds is 7. The van der Waals surface area contributed by atoms with Gasteiger partial charge in [-0.15, -0.1) is 11.6 Å². The molecule has 4 heteroatoms. The van der Waals surface area contributed by atoms with Crippen LogP contribution < -0.4 is 5.32 Å². The van der Waals surface area contributed by atoms with Gasteiger partial charge in [0.1, 0.15) is 6.23 Å². The Balaban J connectivity index is 3.34. The van der Waals surface area contributed by atoms with Crippen LogP contribution in [0.25, 0.3) is 0 Å². The molecule has 0 heterocycles. The van der Waals surface area contributed by atoms with Crippen molar-refractivity contribution in [1.29, 1.82) is 0 Å². The molecule has 0 aliphatic carbocycles. The minimum Gasteiger partial charge on any atom is -0.374 e. The van der Waals surface area contributed by atoms with Gasteiger partial charge in [-0.05, 0) is 25.3 Å². The zero-order valence-corrected chi connectivity index (χ0v) is 8.39. The topological polar surface area (TPSA) is 49.3 Å². The molecule has 13 heavy (non-hydrogen) atoms. The van der Waals surface area contributed by atoms with E-state index >= 15 is 0 Å². The van der Waals surface area contributed by atoms with E-state index in [1.807, 2.05) is 0 Å². The van der Waals surface area contributed by atoms with E-state index in [1.165, 1.54) is 0 Å². The van der Waals surface area contributed by atoms with Crippen molar-refractivity contribution in [3.8, 4) is 0 Å². The predicted octanol–water partition coefficient (Wildman–Crippen LogP) is 1.41. The molecule has 0 saturated heterocycles. The predicted molar refractivity (Wildman–Crippen MR) is 53.5 cm³/mol. The first-order valence-electron chi connectivity index (χ1n) is 4.37. The third kappa shape index (κ3) is 7.81. The summed E-state index contributed by atoms with van der Waals surface area (Å²) in [5, 5.41) is 11.6.